The third-order valence-electron chi connectivity index (χ3n) is 5.13. The molecule has 2 N–H and O–H groups in total. The first kappa shape index (κ1) is 19.7. The molecule has 1 saturated heterocycles. The number of benzene rings is 2. The van der Waals surface area contributed by atoms with E-state index in [0.29, 0.717) is 17.8 Å². The Bertz CT molecular complexity index is 881. The fourth-order valence-corrected chi connectivity index (χ4v) is 3.68. The second-order valence-electron chi connectivity index (χ2n) is 7.27. The molecule has 3 rings (SSSR count). The van der Waals surface area contributed by atoms with E-state index in [1.165, 1.54) is 11.3 Å². The van der Waals surface area contributed by atoms with Crippen molar-refractivity contribution in [3.63, 3.8) is 0 Å². The summed E-state index contributed by atoms with van der Waals surface area (Å²) in [6, 6.07) is 13.8. The van der Waals surface area contributed by atoms with Crippen molar-refractivity contribution in [2.45, 2.75) is 33.2 Å². The minimum Gasteiger partial charge on any atom is -0.478 e. The third kappa shape index (κ3) is 4.27. The standard InChI is InChI=1S/C22H27N3O3/c1-4-21(26)23-17-8-9-20(19(13-17)22(27)28)24-10-11-25(16(3)14-24)18-7-5-6-15(2)12-18/h5-9,12-13,16H,4,10-11,14H2,1-3H3,(H,23,26)(H,27,28)/t16-/m1/s1. The van der Waals surface area contributed by atoms with Crippen molar-refractivity contribution in [3.8, 4) is 0 Å². The number of hydrogen-bond acceptors (Lipinski definition) is 4. The van der Waals surface area contributed by atoms with E-state index in [1.807, 2.05) is 0 Å². The maximum atomic E-state index is 11.8. The lowest BCUT2D eigenvalue weighted by molar-refractivity contribution is -0.115. The van der Waals surface area contributed by atoms with Crippen LogP contribution in [0.2, 0.25) is 0 Å². The molecule has 148 valence electrons. The van der Waals surface area contributed by atoms with Crippen LogP contribution < -0.4 is 15.1 Å². The number of rotatable bonds is 5. The predicted molar refractivity (Wildman–Crippen MR) is 113 cm³/mol. The number of aryl methyl sites for hydroxylation is 1. The van der Waals surface area contributed by atoms with Crippen LogP contribution in [0.3, 0.4) is 0 Å². The summed E-state index contributed by atoms with van der Waals surface area (Å²) in [6.45, 7) is 8.29. The van der Waals surface area contributed by atoms with Gasteiger partial charge in [0, 0.05) is 43.5 Å². The molecule has 28 heavy (non-hydrogen) atoms. The van der Waals surface area contributed by atoms with Crippen LogP contribution in [0.5, 0.6) is 0 Å². The highest BCUT2D eigenvalue weighted by molar-refractivity contribution is 5.98. The number of carbonyl (C=O) groups excluding carboxylic acids is 1. The van der Waals surface area contributed by atoms with Crippen molar-refractivity contribution in [2.24, 2.45) is 0 Å². The second-order valence-corrected chi connectivity index (χ2v) is 7.27. The molecule has 0 bridgehead atoms. The monoisotopic (exact) mass is 381 g/mol. The van der Waals surface area contributed by atoms with Gasteiger partial charge in [-0.25, -0.2) is 4.79 Å². The molecule has 1 aliphatic rings. The van der Waals surface area contributed by atoms with Gasteiger partial charge < -0.3 is 20.2 Å². The fraction of sp³-hybridized carbons (Fsp3) is 0.364. The lowest BCUT2D eigenvalue weighted by Gasteiger charge is -2.42. The zero-order valence-corrected chi connectivity index (χ0v) is 16.6. The maximum absolute atomic E-state index is 11.8. The molecule has 0 aliphatic carbocycles. The summed E-state index contributed by atoms with van der Waals surface area (Å²) in [5.74, 6) is -1.12. The number of aromatic carboxylic acids is 1. The fourth-order valence-electron chi connectivity index (χ4n) is 3.68. The van der Waals surface area contributed by atoms with Gasteiger partial charge in [0.15, 0.2) is 0 Å². The normalized spacial score (nSPS) is 16.8. The number of anilines is 3. The van der Waals surface area contributed by atoms with E-state index in [9.17, 15) is 14.7 Å². The Kier molecular flexibility index (Phi) is 5.87. The van der Waals surface area contributed by atoms with E-state index in [4.69, 9.17) is 0 Å². The van der Waals surface area contributed by atoms with Gasteiger partial charge in [0.2, 0.25) is 5.91 Å². The van der Waals surface area contributed by atoms with Gasteiger partial charge in [-0.15, -0.1) is 0 Å². The van der Waals surface area contributed by atoms with Crippen molar-refractivity contribution >= 4 is 28.9 Å². The first-order valence-corrected chi connectivity index (χ1v) is 9.64. The van der Waals surface area contributed by atoms with Crippen LogP contribution in [0, 0.1) is 6.92 Å². The van der Waals surface area contributed by atoms with Crippen LogP contribution in [0.4, 0.5) is 17.1 Å². The summed E-state index contributed by atoms with van der Waals surface area (Å²) >= 11 is 0. The van der Waals surface area contributed by atoms with E-state index in [-0.39, 0.29) is 17.5 Å². The molecule has 2 aromatic carbocycles. The van der Waals surface area contributed by atoms with Crippen molar-refractivity contribution in [1.29, 1.82) is 0 Å². The van der Waals surface area contributed by atoms with Crippen LogP contribution in [0.15, 0.2) is 42.5 Å². The molecule has 0 saturated carbocycles. The minimum absolute atomic E-state index is 0.135. The number of carbonyl (C=O) groups is 2. The summed E-state index contributed by atoms with van der Waals surface area (Å²) in [4.78, 5) is 27.9. The number of nitrogens with zero attached hydrogens (tertiary/aromatic N) is 2. The van der Waals surface area contributed by atoms with Crippen molar-refractivity contribution < 1.29 is 14.7 Å². The molecular weight excluding hydrogens is 354 g/mol. The highest BCUT2D eigenvalue weighted by Crippen LogP contribution is 2.29. The molecule has 6 nitrogen and oxygen atoms in total. The SMILES string of the molecule is CCC(=O)Nc1ccc(N2CCN(c3cccc(C)c3)[C@H](C)C2)c(C(=O)O)c1. The molecule has 2 aromatic rings. The van der Waals surface area contributed by atoms with Gasteiger partial charge in [-0.3, -0.25) is 4.79 Å². The van der Waals surface area contributed by atoms with Gasteiger partial charge in [-0.1, -0.05) is 19.1 Å². The Morgan fingerprint density at radius 2 is 1.96 bits per heavy atom. The predicted octanol–water partition coefficient (Wildman–Crippen LogP) is 3.76. The topological polar surface area (TPSA) is 72.9 Å². The van der Waals surface area contributed by atoms with Crippen molar-refractivity contribution in [3.05, 3.63) is 53.6 Å². The number of carboxylic acids is 1. The van der Waals surface area contributed by atoms with E-state index in [0.717, 1.165) is 19.6 Å². The summed E-state index contributed by atoms with van der Waals surface area (Å²) in [5, 5.41) is 12.4. The Morgan fingerprint density at radius 3 is 2.61 bits per heavy atom. The molecule has 1 heterocycles. The largest absolute Gasteiger partial charge is 0.478 e. The molecule has 1 amide bonds. The Labute approximate surface area is 165 Å². The molecule has 0 unspecified atom stereocenters. The summed E-state index contributed by atoms with van der Waals surface area (Å²) in [5.41, 5.74) is 3.84. The number of piperazine rings is 1. The Morgan fingerprint density at radius 1 is 1.18 bits per heavy atom. The summed E-state index contributed by atoms with van der Waals surface area (Å²) in [6.07, 6.45) is 0.350. The zero-order valence-electron chi connectivity index (χ0n) is 16.6. The summed E-state index contributed by atoms with van der Waals surface area (Å²) in [7, 11) is 0. The highest BCUT2D eigenvalue weighted by atomic mass is 16.4. The van der Waals surface area contributed by atoms with Gasteiger partial charge >= 0.3 is 5.97 Å². The van der Waals surface area contributed by atoms with Crippen LogP contribution in [0.1, 0.15) is 36.2 Å². The summed E-state index contributed by atoms with van der Waals surface area (Å²) < 4.78 is 0. The Balaban J connectivity index is 1.80. The van der Waals surface area contributed by atoms with Crippen molar-refractivity contribution in [1.82, 2.24) is 0 Å². The average molecular weight is 381 g/mol. The van der Waals surface area contributed by atoms with E-state index in [2.05, 4.69) is 53.2 Å². The van der Waals surface area contributed by atoms with E-state index in [1.54, 1.807) is 25.1 Å². The Hall–Kier alpha value is -3.02. The van der Waals surface area contributed by atoms with Crippen LogP contribution >= 0.6 is 0 Å². The quantitative estimate of drug-likeness (QED) is 0.825. The lowest BCUT2D eigenvalue weighted by atomic mass is 10.1. The average Bonchev–Trinajstić information content (AvgIpc) is 2.67. The molecule has 0 spiro atoms. The number of nitrogens with one attached hydrogen (secondary N) is 1. The number of hydrogen-bond donors (Lipinski definition) is 2. The smallest absolute Gasteiger partial charge is 0.337 e. The number of amides is 1. The molecule has 0 aromatic heterocycles. The first-order valence-electron chi connectivity index (χ1n) is 9.64. The molecule has 1 fully saturated rings. The highest BCUT2D eigenvalue weighted by Gasteiger charge is 2.26. The van der Waals surface area contributed by atoms with Crippen LogP contribution in [-0.2, 0) is 4.79 Å². The van der Waals surface area contributed by atoms with Gasteiger partial charge in [0.25, 0.3) is 0 Å². The first-order chi connectivity index (χ1) is 13.4. The van der Waals surface area contributed by atoms with Gasteiger partial charge in [-0.2, -0.15) is 0 Å². The third-order valence-corrected chi connectivity index (χ3v) is 5.13. The maximum Gasteiger partial charge on any atom is 0.337 e. The van der Waals surface area contributed by atoms with Gasteiger partial charge in [0.05, 0.1) is 11.3 Å². The molecule has 6 heteroatoms. The molecule has 1 aliphatic heterocycles. The minimum atomic E-state index is -0.989. The van der Waals surface area contributed by atoms with E-state index < -0.39 is 5.97 Å². The molecule has 1 atom stereocenters. The molecular formula is C22H27N3O3. The lowest BCUT2D eigenvalue weighted by Crippen LogP contribution is -2.52. The van der Waals surface area contributed by atoms with Crippen LogP contribution in [-0.4, -0.2) is 42.7 Å². The van der Waals surface area contributed by atoms with Gasteiger partial charge in [-0.05, 0) is 49.7 Å². The second kappa shape index (κ2) is 8.33. The zero-order chi connectivity index (χ0) is 20.3. The van der Waals surface area contributed by atoms with Crippen molar-refractivity contribution in [2.75, 3.05) is 34.8 Å². The molecule has 0 radical (unpaired) electrons. The number of carboxylic acid groups (broad SMARTS) is 1. The van der Waals surface area contributed by atoms with Crippen LogP contribution in [0.25, 0.3) is 0 Å². The van der Waals surface area contributed by atoms with Gasteiger partial charge in [0.1, 0.15) is 0 Å². The van der Waals surface area contributed by atoms with E-state index >= 15 is 0 Å².